The molecular weight excluding hydrogens is 262 g/mol. The molecule has 21 heavy (non-hydrogen) atoms. The van der Waals surface area contributed by atoms with Gasteiger partial charge in [0.25, 0.3) is 5.91 Å². The molecule has 0 bridgehead atoms. The molecule has 0 aliphatic carbocycles. The van der Waals surface area contributed by atoms with Crippen LogP contribution in [0.25, 0.3) is 0 Å². The van der Waals surface area contributed by atoms with Crippen molar-refractivity contribution in [3.8, 4) is 0 Å². The van der Waals surface area contributed by atoms with Crippen molar-refractivity contribution in [1.82, 2.24) is 5.32 Å². The molecule has 2 N–H and O–H groups in total. The van der Waals surface area contributed by atoms with Gasteiger partial charge in [-0.05, 0) is 30.5 Å². The Morgan fingerprint density at radius 3 is 2.10 bits per heavy atom. The summed E-state index contributed by atoms with van der Waals surface area (Å²) in [6.45, 7) is 1.93. The summed E-state index contributed by atoms with van der Waals surface area (Å²) in [5.74, 6) is -0.226. The Balaban J connectivity index is 2.14. The van der Waals surface area contributed by atoms with Crippen molar-refractivity contribution in [3.05, 3.63) is 35.4 Å². The van der Waals surface area contributed by atoms with E-state index in [-0.39, 0.29) is 12.6 Å². The summed E-state index contributed by atoms with van der Waals surface area (Å²) in [5, 5.41) is 11.0. The van der Waals surface area contributed by atoms with E-state index in [0.29, 0.717) is 5.56 Å². The minimum atomic E-state index is -0.321. The van der Waals surface area contributed by atoms with Crippen LogP contribution in [0.1, 0.15) is 74.2 Å². The van der Waals surface area contributed by atoms with Crippen molar-refractivity contribution in [2.75, 3.05) is 6.73 Å². The molecule has 0 saturated heterocycles. The van der Waals surface area contributed by atoms with Crippen molar-refractivity contribution in [1.29, 1.82) is 0 Å². The van der Waals surface area contributed by atoms with Crippen molar-refractivity contribution >= 4 is 5.91 Å². The predicted octanol–water partition coefficient (Wildman–Crippen LogP) is 4.05. The summed E-state index contributed by atoms with van der Waals surface area (Å²) < 4.78 is 0. The molecule has 1 aromatic rings. The normalized spacial score (nSPS) is 10.6. The molecule has 0 heterocycles. The molecule has 0 spiro atoms. The lowest BCUT2D eigenvalue weighted by Crippen LogP contribution is -2.23. The first-order valence-corrected chi connectivity index (χ1v) is 8.26. The number of carbonyl (C=O) groups is 1. The van der Waals surface area contributed by atoms with Gasteiger partial charge in [0.1, 0.15) is 6.73 Å². The molecular formula is C18H29NO2. The van der Waals surface area contributed by atoms with Gasteiger partial charge < -0.3 is 10.4 Å². The zero-order chi connectivity index (χ0) is 15.3. The molecule has 0 unspecified atom stereocenters. The van der Waals surface area contributed by atoms with E-state index in [1.807, 2.05) is 24.3 Å². The number of unbranched alkanes of at least 4 members (excludes halogenated alkanes) is 7. The molecule has 0 aromatic heterocycles. The van der Waals surface area contributed by atoms with Crippen LogP contribution in [0.2, 0.25) is 0 Å². The number of hydrogen-bond acceptors (Lipinski definition) is 2. The minimum absolute atomic E-state index is 0.226. The number of amides is 1. The van der Waals surface area contributed by atoms with Crippen LogP contribution in [0.15, 0.2) is 24.3 Å². The Hall–Kier alpha value is -1.35. The maximum atomic E-state index is 11.5. The number of aryl methyl sites for hydroxylation is 1. The average Bonchev–Trinajstić information content (AvgIpc) is 2.51. The van der Waals surface area contributed by atoms with Gasteiger partial charge in [-0.15, -0.1) is 0 Å². The Morgan fingerprint density at radius 1 is 0.952 bits per heavy atom. The average molecular weight is 291 g/mol. The smallest absolute Gasteiger partial charge is 0.253 e. The third-order valence-electron chi connectivity index (χ3n) is 3.77. The first-order chi connectivity index (χ1) is 10.3. The van der Waals surface area contributed by atoms with Gasteiger partial charge in [0.2, 0.25) is 0 Å². The van der Waals surface area contributed by atoms with Crippen LogP contribution >= 0.6 is 0 Å². The molecule has 0 atom stereocenters. The predicted molar refractivity (Wildman–Crippen MR) is 87.3 cm³/mol. The molecule has 0 radical (unpaired) electrons. The molecule has 0 saturated carbocycles. The first-order valence-electron chi connectivity index (χ1n) is 8.26. The van der Waals surface area contributed by atoms with Crippen molar-refractivity contribution < 1.29 is 9.90 Å². The van der Waals surface area contributed by atoms with E-state index < -0.39 is 0 Å². The topological polar surface area (TPSA) is 49.3 Å². The highest BCUT2D eigenvalue weighted by Crippen LogP contribution is 2.12. The summed E-state index contributed by atoms with van der Waals surface area (Å²) >= 11 is 0. The lowest BCUT2D eigenvalue weighted by molar-refractivity contribution is 0.0910. The van der Waals surface area contributed by atoms with E-state index in [1.54, 1.807) is 0 Å². The molecule has 0 fully saturated rings. The van der Waals surface area contributed by atoms with Crippen LogP contribution in [-0.4, -0.2) is 17.7 Å². The molecule has 1 amide bonds. The Kier molecular flexibility index (Phi) is 9.55. The number of benzene rings is 1. The van der Waals surface area contributed by atoms with Crippen LogP contribution in [-0.2, 0) is 6.42 Å². The fourth-order valence-electron chi connectivity index (χ4n) is 2.46. The van der Waals surface area contributed by atoms with Gasteiger partial charge in [-0.2, -0.15) is 0 Å². The molecule has 0 aliphatic rings. The van der Waals surface area contributed by atoms with E-state index in [1.165, 1.54) is 56.9 Å². The summed E-state index contributed by atoms with van der Waals surface area (Å²) in [6, 6.07) is 7.66. The number of carbonyl (C=O) groups excluding carboxylic acids is 1. The molecule has 1 aromatic carbocycles. The molecule has 0 aliphatic heterocycles. The highest BCUT2D eigenvalue weighted by Gasteiger charge is 2.03. The fraction of sp³-hybridized carbons (Fsp3) is 0.611. The summed E-state index contributed by atoms with van der Waals surface area (Å²) in [4.78, 5) is 11.5. The number of nitrogens with one attached hydrogen (secondary N) is 1. The summed E-state index contributed by atoms with van der Waals surface area (Å²) in [7, 11) is 0. The van der Waals surface area contributed by atoms with Gasteiger partial charge >= 0.3 is 0 Å². The number of aliphatic hydroxyl groups excluding tert-OH is 1. The Bertz CT molecular complexity index is 387. The van der Waals surface area contributed by atoms with Crippen molar-refractivity contribution in [3.63, 3.8) is 0 Å². The molecule has 3 heteroatoms. The van der Waals surface area contributed by atoms with E-state index in [0.717, 1.165) is 6.42 Å². The second kappa shape index (κ2) is 11.3. The van der Waals surface area contributed by atoms with Gasteiger partial charge in [-0.1, -0.05) is 64.0 Å². The van der Waals surface area contributed by atoms with Gasteiger partial charge in [0, 0.05) is 5.56 Å². The Morgan fingerprint density at radius 2 is 1.52 bits per heavy atom. The monoisotopic (exact) mass is 291 g/mol. The van der Waals surface area contributed by atoms with Crippen LogP contribution in [0.5, 0.6) is 0 Å². The van der Waals surface area contributed by atoms with Crippen molar-refractivity contribution in [2.45, 2.75) is 64.7 Å². The summed E-state index contributed by atoms with van der Waals surface area (Å²) in [6.07, 6.45) is 11.7. The largest absolute Gasteiger partial charge is 0.376 e. The van der Waals surface area contributed by atoms with Gasteiger partial charge in [-0.3, -0.25) is 4.79 Å². The van der Waals surface area contributed by atoms with Crippen LogP contribution in [0.4, 0.5) is 0 Å². The Labute approximate surface area is 128 Å². The standard InChI is InChI=1S/C18H29NO2/c1-2-3-4-5-6-7-8-9-10-16-11-13-17(14-12-16)18(21)19-15-20/h11-14,20H,2-10,15H2,1H3,(H,19,21). The van der Waals surface area contributed by atoms with Gasteiger partial charge in [-0.25, -0.2) is 0 Å². The second-order valence-electron chi connectivity index (χ2n) is 5.59. The van der Waals surface area contributed by atoms with Gasteiger partial charge in [0.05, 0.1) is 0 Å². The zero-order valence-corrected chi connectivity index (χ0v) is 13.2. The third-order valence-corrected chi connectivity index (χ3v) is 3.77. The van der Waals surface area contributed by atoms with Gasteiger partial charge in [0.15, 0.2) is 0 Å². The fourth-order valence-corrected chi connectivity index (χ4v) is 2.46. The number of rotatable bonds is 11. The van der Waals surface area contributed by atoms with E-state index in [9.17, 15) is 4.79 Å². The quantitative estimate of drug-likeness (QED) is 0.477. The van der Waals surface area contributed by atoms with Crippen LogP contribution in [0.3, 0.4) is 0 Å². The maximum Gasteiger partial charge on any atom is 0.253 e. The molecule has 1 rings (SSSR count). The molecule has 3 nitrogen and oxygen atoms in total. The second-order valence-corrected chi connectivity index (χ2v) is 5.59. The number of aliphatic hydroxyl groups is 1. The van der Waals surface area contributed by atoms with Crippen molar-refractivity contribution in [2.24, 2.45) is 0 Å². The highest BCUT2D eigenvalue weighted by molar-refractivity contribution is 5.94. The third kappa shape index (κ3) is 7.86. The first kappa shape index (κ1) is 17.7. The van der Waals surface area contributed by atoms with E-state index in [4.69, 9.17) is 5.11 Å². The zero-order valence-electron chi connectivity index (χ0n) is 13.2. The SMILES string of the molecule is CCCCCCCCCCc1ccc(C(=O)NCO)cc1. The van der Waals surface area contributed by atoms with E-state index >= 15 is 0 Å². The highest BCUT2D eigenvalue weighted by atomic mass is 16.3. The van der Waals surface area contributed by atoms with E-state index in [2.05, 4.69) is 12.2 Å². The lowest BCUT2D eigenvalue weighted by atomic mass is 10.0. The molecule has 118 valence electrons. The lowest BCUT2D eigenvalue weighted by Gasteiger charge is -2.05. The summed E-state index contributed by atoms with van der Waals surface area (Å²) in [5.41, 5.74) is 1.88. The number of hydrogen-bond donors (Lipinski definition) is 2. The van der Waals surface area contributed by atoms with Crippen LogP contribution in [0, 0.1) is 0 Å². The maximum absolute atomic E-state index is 11.5. The van der Waals surface area contributed by atoms with Crippen LogP contribution < -0.4 is 5.32 Å². The minimum Gasteiger partial charge on any atom is -0.376 e.